The summed E-state index contributed by atoms with van der Waals surface area (Å²) in [7, 11) is 0. The molecule has 0 bridgehead atoms. The van der Waals surface area contributed by atoms with Gasteiger partial charge in [-0.2, -0.15) is 0 Å². The summed E-state index contributed by atoms with van der Waals surface area (Å²) in [6.07, 6.45) is 0. The highest BCUT2D eigenvalue weighted by Gasteiger charge is 1.94. The molecule has 0 aromatic carbocycles. The second kappa shape index (κ2) is 2.83. The Morgan fingerprint density at radius 1 is 1.56 bits per heavy atom. The maximum atomic E-state index is 5.48. The van der Waals surface area contributed by atoms with E-state index in [0.717, 1.165) is 8.30 Å². The van der Waals surface area contributed by atoms with Gasteiger partial charge in [0.2, 0.25) is 0 Å². The van der Waals surface area contributed by atoms with Crippen LogP contribution in [0.1, 0.15) is 0 Å². The molecule has 48 valence electrons. The first-order valence-corrected chi connectivity index (χ1v) is 4.15. The van der Waals surface area contributed by atoms with Crippen molar-refractivity contribution in [1.82, 2.24) is 4.98 Å². The Morgan fingerprint density at radius 2 is 2.22 bits per heavy atom. The van der Waals surface area contributed by atoms with E-state index in [4.69, 9.17) is 5.73 Å². The number of hydrogen-bond acceptors (Lipinski definition) is 2. The average molecular weight is 299 g/mol. The number of nitrogen functional groups attached to an aromatic ring is 1. The summed E-state index contributed by atoms with van der Waals surface area (Å²) in [5.41, 5.74) is 6.15. The summed E-state index contributed by atoms with van der Waals surface area (Å²) >= 11 is 5.33. The lowest BCUT2D eigenvalue weighted by Crippen LogP contribution is -1.89. The first-order valence-electron chi connectivity index (χ1n) is 2.27. The lowest BCUT2D eigenvalue weighted by molar-refractivity contribution is 1.23. The Morgan fingerprint density at radius 3 is 2.67 bits per heavy atom. The fourth-order valence-electron chi connectivity index (χ4n) is 0.423. The summed E-state index contributed by atoms with van der Waals surface area (Å²) in [6.45, 7) is 0. The van der Waals surface area contributed by atoms with Gasteiger partial charge in [-0.3, -0.25) is 0 Å². The third kappa shape index (κ3) is 1.79. The maximum Gasteiger partial charge on any atom is 0.130 e. The minimum Gasteiger partial charge on any atom is -0.397 e. The van der Waals surface area contributed by atoms with E-state index < -0.39 is 0 Å². The molecule has 0 atom stereocenters. The van der Waals surface area contributed by atoms with Crippen LogP contribution in [0.4, 0.5) is 5.69 Å². The third-order valence-corrected chi connectivity index (χ3v) is 2.08. The molecular formula is C5H4BrIN2. The van der Waals surface area contributed by atoms with Crippen molar-refractivity contribution in [1.29, 1.82) is 0 Å². The molecule has 0 unspecified atom stereocenters. The molecule has 4 heteroatoms. The number of aromatic nitrogens is 1. The molecule has 0 spiro atoms. The van der Waals surface area contributed by atoms with Crippen LogP contribution in [0, 0.1) is 3.70 Å². The molecule has 2 N–H and O–H groups in total. The van der Waals surface area contributed by atoms with Crippen molar-refractivity contribution in [3.05, 3.63) is 20.4 Å². The molecular weight excluding hydrogens is 295 g/mol. The van der Waals surface area contributed by atoms with Crippen LogP contribution in [0.3, 0.4) is 0 Å². The Kier molecular flexibility index (Phi) is 2.29. The van der Waals surface area contributed by atoms with Gasteiger partial charge >= 0.3 is 0 Å². The molecule has 0 fully saturated rings. The molecule has 0 saturated heterocycles. The SMILES string of the molecule is Nc1ccc(I)nc1Br. The normalized spacial score (nSPS) is 9.56. The lowest BCUT2D eigenvalue weighted by atomic mass is 10.4. The molecule has 0 aliphatic rings. The van der Waals surface area contributed by atoms with Gasteiger partial charge in [0, 0.05) is 0 Å². The standard InChI is InChI=1S/C5H4BrIN2/c6-5-3(8)1-2-4(7)9-5/h1-2H,8H2. The van der Waals surface area contributed by atoms with E-state index in [2.05, 4.69) is 43.5 Å². The predicted molar refractivity (Wildman–Crippen MR) is 49.1 cm³/mol. The zero-order chi connectivity index (χ0) is 6.85. The van der Waals surface area contributed by atoms with Crippen LogP contribution < -0.4 is 5.73 Å². The van der Waals surface area contributed by atoms with Gasteiger partial charge in [-0.25, -0.2) is 4.98 Å². The number of rotatable bonds is 0. The van der Waals surface area contributed by atoms with Crippen molar-refractivity contribution >= 4 is 44.2 Å². The smallest absolute Gasteiger partial charge is 0.130 e. The van der Waals surface area contributed by atoms with E-state index in [1.165, 1.54) is 0 Å². The Balaban J connectivity index is 3.17. The molecule has 0 radical (unpaired) electrons. The maximum absolute atomic E-state index is 5.48. The van der Waals surface area contributed by atoms with Crippen LogP contribution in [0.5, 0.6) is 0 Å². The van der Waals surface area contributed by atoms with Gasteiger partial charge in [-0.1, -0.05) is 0 Å². The fourth-order valence-corrected chi connectivity index (χ4v) is 1.50. The zero-order valence-corrected chi connectivity index (χ0v) is 8.18. The van der Waals surface area contributed by atoms with Crippen molar-refractivity contribution in [2.45, 2.75) is 0 Å². The second-order valence-electron chi connectivity index (χ2n) is 1.51. The number of nitrogens with zero attached hydrogens (tertiary/aromatic N) is 1. The van der Waals surface area contributed by atoms with Crippen molar-refractivity contribution in [3.63, 3.8) is 0 Å². The largest absolute Gasteiger partial charge is 0.397 e. The van der Waals surface area contributed by atoms with Gasteiger partial charge in [0.1, 0.15) is 8.30 Å². The Labute approximate surface area is 75.1 Å². The van der Waals surface area contributed by atoms with Crippen LogP contribution >= 0.6 is 38.5 Å². The topological polar surface area (TPSA) is 38.9 Å². The van der Waals surface area contributed by atoms with Crippen LogP contribution in [0.25, 0.3) is 0 Å². The third-order valence-electron chi connectivity index (χ3n) is 0.844. The number of pyridine rings is 1. The summed E-state index contributed by atoms with van der Waals surface area (Å²) < 4.78 is 1.66. The van der Waals surface area contributed by atoms with Gasteiger partial charge in [0.05, 0.1) is 5.69 Å². The number of hydrogen-bond donors (Lipinski definition) is 1. The molecule has 0 amide bonds. The zero-order valence-electron chi connectivity index (χ0n) is 4.44. The molecule has 0 saturated carbocycles. The van der Waals surface area contributed by atoms with Crippen LogP contribution in [0.2, 0.25) is 0 Å². The van der Waals surface area contributed by atoms with Gasteiger partial charge in [-0.05, 0) is 50.7 Å². The minimum atomic E-state index is 0.676. The van der Waals surface area contributed by atoms with Crippen LogP contribution in [0.15, 0.2) is 16.7 Å². The van der Waals surface area contributed by atoms with E-state index in [9.17, 15) is 0 Å². The van der Waals surface area contributed by atoms with E-state index in [-0.39, 0.29) is 0 Å². The van der Waals surface area contributed by atoms with E-state index in [0.29, 0.717) is 5.69 Å². The molecule has 1 heterocycles. The van der Waals surface area contributed by atoms with Crippen molar-refractivity contribution in [2.24, 2.45) is 0 Å². The highest BCUT2D eigenvalue weighted by molar-refractivity contribution is 14.1. The predicted octanol–water partition coefficient (Wildman–Crippen LogP) is 2.03. The summed E-state index contributed by atoms with van der Waals surface area (Å²) in [4.78, 5) is 4.05. The van der Waals surface area contributed by atoms with E-state index >= 15 is 0 Å². The highest BCUT2D eigenvalue weighted by Crippen LogP contribution is 2.16. The lowest BCUT2D eigenvalue weighted by Gasteiger charge is -1.94. The number of nitrogens with two attached hydrogens (primary N) is 1. The van der Waals surface area contributed by atoms with E-state index in [1.54, 1.807) is 0 Å². The monoisotopic (exact) mass is 298 g/mol. The van der Waals surface area contributed by atoms with Crippen LogP contribution in [-0.4, -0.2) is 4.98 Å². The number of anilines is 1. The Hall–Kier alpha value is 0.160. The van der Waals surface area contributed by atoms with E-state index in [1.807, 2.05) is 12.1 Å². The van der Waals surface area contributed by atoms with Crippen molar-refractivity contribution < 1.29 is 0 Å². The van der Waals surface area contributed by atoms with Gasteiger partial charge in [-0.15, -0.1) is 0 Å². The first kappa shape index (κ1) is 7.27. The number of halogens is 2. The highest BCUT2D eigenvalue weighted by atomic mass is 127. The summed E-state index contributed by atoms with van der Waals surface area (Å²) in [6, 6.07) is 3.68. The molecule has 1 aromatic rings. The molecule has 0 aliphatic heterocycles. The first-order chi connectivity index (χ1) is 4.20. The van der Waals surface area contributed by atoms with Crippen LogP contribution in [-0.2, 0) is 0 Å². The summed E-state index contributed by atoms with van der Waals surface area (Å²) in [5, 5.41) is 0. The quantitative estimate of drug-likeness (QED) is 0.588. The molecule has 0 aliphatic carbocycles. The van der Waals surface area contributed by atoms with Crippen molar-refractivity contribution in [3.8, 4) is 0 Å². The van der Waals surface area contributed by atoms with Crippen molar-refractivity contribution in [2.75, 3.05) is 5.73 Å². The van der Waals surface area contributed by atoms with Gasteiger partial charge in [0.25, 0.3) is 0 Å². The second-order valence-corrected chi connectivity index (χ2v) is 3.37. The molecule has 1 aromatic heterocycles. The molecule has 1 rings (SSSR count). The minimum absolute atomic E-state index is 0.676. The molecule has 2 nitrogen and oxygen atoms in total. The Bertz CT molecular complexity index is 226. The average Bonchev–Trinajstić information content (AvgIpc) is 1.80. The van der Waals surface area contributed by atoms with Gasteiger partial charge in [0.15, 0.2) is 0 Å². The van der Waals surface area contributed by atoms with Gasteiger partial charge < -0.3 is 5.73 Å². The fraction of sp³-hybridized carbons (Fsp3) is 0. The summed E-state index contributed by atoms with van der Waals surface area (Å²) in [5.74, 6) is 0. The molecule has 9 heavy (non-hydrogen) atoms.